The number of rotatable bonds is 2. The van der Waals surface area contributed by atoms with Crippen LogP contribution in [-0.4, -0.2) is 29.3 Å². The smallest absolute Gasteiger partial charge is 0.156 e. The Bertz CT molecular complexity index is 532. The van der Waals surface area contributed by atoms with Crippen LogP contribution in [0.2, 0.25) is 0 Å². The van der Waals surface area contributed by atoms with E-state index < -0.39 is 0 Å². The zero-order valence-electron chi connectivity index (χ0n) is 9.90. The molecule has 1 aromatic heterocycles. The minimum Gasteiger partial charge on any atom is -0.364 e. The lowest BCUT2D eigenvalue weighted by Crippen LogP contribution is -2.23. The molecule has 0 spiro atoms. The van der Waals surface area contributed by atoms with Gasteiger partial charge in [0.1, 0.15) is 0 Å². The van der Waals surface area contributed by atoms with E-state index in [9.17, 15) is 0 Å². The molecule has 0 amide bonds. The first-order chi connectivity index (χ1) is 8.34. The van der Waals surface area contributed by atoms with Gasteiger partial charge in [-0.25, -0.2) is 0 Å². The van der Waals surface area contributed by atoms with Crippen LogP contribution in [0, 0.1) is 6.92 Å². The minimum absolute atomic E-state index is 0.468. The number of hydrogen-bond acceptors (Lipinski definition) is 4. The van der Waals surface area contributed by atoms with Gasteiger partial charge in [0.25, 0.3) is 0 Å². The van der Waals surface area contributed by atoms with Gasteiger partial charge >= 0.3 is 0 Å². The van der Waals surface area contributed by atoms with Gasteiger partial charge in [-0.1, -0.05) is 24.3 Å². The van der Waals surface area contributed by atoms with Gasteiger partial charge in [-0.05, 0) is 19.9 Å². The summed E-state index contributed by atoms with van der Waals surface area (Å²) in [4.78, 5) is 0. The van der Waals surface area contributed by atoms with Crippen molar-refractivity contribution in [2.75, 3.05) is 18.4 Å². The number of hydrogen-bond donors (Lipinski definition) is 2. The molecule has 3 rings (SSSR count). The van der Waals surface area contributed by atoms with Crippen molar-refractivity contribution in [3.05, 3.63) is 30.0 Å². The Balaban J connectivity index is 2.01. The van der Waals surface area contributed by atoms with Crippen molar-refractivity contribution >= 4 is 16.6 Å². The van der Waals surface area contributed by atoms with E-state index in [-0.39, 0.29) is 0 Å². The van der Waals surface area contributed by atoms with E-state index >= 15 is 0 Å². The maximum atomic E-state index is 4.28. The topological polar surface area (TPSA) is 49.8 Å². The molecule has 1 atom stereocenters. The molecule has 1 unspecified atom stereocenters. The largest absolute Gasteiger partial charge is 0.364 e. The summed E-state index contributed by atoms with van der Waals surface area (Å²) in [7, 11) is 0. The molecule has 17 heavy (non-hydrogen) atoms. The fourth-order valence-electron chi connectivity index (χ4n) is 2.32. The number of anilines is 1. The molecule has 1 aromatic carbocycles. The standard InChI is InChI=1S/C13H16N4/c1-9-11-4-2-3-5-12(11)13(17-16-9)15-10-6-7-14-8-10/h2-5,10,14H,6-8H2,1H3,(H,15,17). The number of nitrogens with one attached hydrogen (secondary N) is 2. The number of aryl methyl sites for hydroxylation is 1. The molecular weight excluding hydrogens is 212 g/mol. The highest BCUT2D eigenvalue weighted by molar-refractivity contribution is 5.92. The molecule has 2 heterocycles. The Hall–Kier alpha value is -1.68. The first kappa shape index (κ1) is 10.5. The summed E-state index contributed by atoms with van der Waals surface area (Å²) in [6, 6.07) is 8.74. The second kappa shape index (κ2) is 4.30. The van der Waals surface area contributed by atoms with Crippen molar-refractivity contribution in [3.63, 3.8) is 0 Å². The molecule has 0 aliphatic carbocycles. The SMILES string of the molecule is Cc1nnc(NC2CCNC2)c2ccccc12. The Kier molecular flexibility index (Phi) is 2.65. The van der Waals surface area contributed by atoms with Crippen molar-refractivity contribution < 1.29 is 0 Å². The lowest BCUT2D eigenvalue weighted by Gasteiger charge is -2.13. The van der Waals surface area contributed by atoms with E-state index in [2.05, 4.69) is 33.0 Å². The second-order valence-electron chi connectivity index (χ2n) is 4.51. The first-order valence-electron chi connectivity index (χ1n) is 6.04. The average Bonchev–Trinajstić information content (AvgIpc) is 2.86. The molecule has 1 aliphatic heterocycles. The van der Waals surface area contributed by atoms with Gasteiger partial charge in [-0.3, -0.25) is 0 Å². The Morgan fingerprint density at radius 3 is 2.82 bits per heavy atom. The fraction of sp³-hybridized carbons (Fsp3) is 0.385. The van der Waals surface area contributed by atoms with Crippen molar-refractivity contribution in [2.24, 2.45) is 0 Å². The number of nitrogens with zero attached hydrogens (tertiary/aromatic N) is 2. The molecule has 0 bridgehead atoms. The Labute approximate surface area is 100 Å². The van der Waals surface area contributed by atoms with E-state index in [1.165, 1.54) is 5.39 Å². The van der Waals surface area contributed by atoms with Gasteiger partial charge in [0.05, 0.1) is 5.69 Å². The van der Waals surface area contributed by atoms with E-state index in [0.717, 1.165) is 36.4 Å². The molecule has 1 saturated heterocycles. The van der Waals surface area contributed by atoms with E-state index in [1.54, 1.807) is 0 Å². The number of aromatic nitrogens is 2. The Morgan fingerprint density at radius 1 is 1.24 bits per heavy atom. The Morgan fingerprint density at radius 2 is 2.06 bits per heavy atom. The van der Waals surface area contributed by atoms with Crippen LogP contribution in [0.5, 0.6) is 0 Å². The summed E-state index contributed by atoms with van der Waals surface area (Å²) in [5.74, 6) is 0.903. The summed E-state index contributed by atoms with van der Waals surface area (Å²) < 4.78 is 0. The van der Waals surface area contributed by atoms with Crippen molar-refractivity contribution in [2.45, 2.75) is 19.4 Å². The van der Waals surface area contributed by atoms with Crippen molar-refractivity contribution in [1.82, 2.24) is 15.5 Å². The van der Waals surface area contributed by atoms with Crippen LogP contribution < -0.4 is 10.6 Å². The van der Waals surface area contributed by atoms with Crippen LogP contribution >= 0.6 is 0 Å². The summed E-state index contributed by atoms with van der Waals surface area (Å²) in [5.41, 5.74) is 0.982. The van der Waals surface area contributed by atoms with Crippen molar-refractivity contribution in [1.29, 1.82) is 0 Å². The lowest BCUT2D eigenvalue weighted by atomic mass is 10.1. The number of benzene rings is 1. The highest BCUT2D eigenvalue weighted by Crippen LogP contribution is 2.23. The summed E-state index contributed by atoms with van der Waals surface area (Å²) >= 11 is 0. The highest BCUT2D eigenvalue weighted by Gasteiger charge is 2.16. The zero-order chi connectivity index (χ0) is 11.7. The van der Waals surface area contributed by atoms with Gasteiger partial charge < -0.3 is 10.6 Å². The molecule has 2 aromatic rings. The molecule has 1 aliphatic rings. The fourth-order valence-corrected chi connectivity index (χ4v) is 2.32. The van der Waals surface area contributed by atoms with Gasteiger partial charge in [-0.2, -0.15) is 5.10 Å². The highest BCUT2D eigenvalue weighted by atomic mass is 15.2. The van der Waals surface area contributed by atoms with Gasteiger partial charge in [-0.15, -0.1) is 5.10 Å². The van der Waals surface area contributed by atoms with Crippen LogP contribution in [0.1, 0.15) is 12.1 Å². The summed E-state index contributed by atoms with van der Waals surface area (Å²) in [6.07, 6.45) is 1.14. The van der Waals surface area contributed by atoms with Crippen LogP contribution in [0.3, 0.4) is 0 Å². The molecular formula is C13H16N4. The zero-order valence-corrected chi connectivity index (χ0v) is 9.90. The monoisotopic (exact) mass is 228 g/mol. The third kappa shape index (κ3) is 1.96. The van der Waals surface area contributed by atoms with Crippen LogP contribution in [-0.2, 0) is 0 Å². The van der Waals surface area contributed by atoms with Crippen molar-refractivity contribution in [3.8, 4) is 0 Å². The average molecular weight is 228 g/mol. The molecule has 0 saturated carbocycles. The van der Waals surface area contributed by atoms with Crippen LogP contribution in [0.25, 0.3) is 10.8 Å². The third-order valence-electron chi connectivity index (χ3n) is 3.27. The normalized spacial score (nSPS) is 19.7. The minimum atomic E-state index is 0.468. The second-order valence-corrected chi connectivity index (χ2v) is 4.51. The molecule has 2 N–H and O–H groups in total. The molecule has 0 radical (unpaired) electrons. The quantitative estimate of drug-likeness (QED) is 0.821. The van der Waals surface area contributed by atoms with E-state index in [4.69, 9.17) is 0 Å². The van der Waals surface area contributed by atoms with Crippen LogP contribution in [0.15, 0.2) is 24.3 Å². The molecule has 4 heteroatoms. The predicted octanol–water partition coefficient (Wildman–Crippen LogP) is 1.71. The van der Waals surface area contributed by atoms with E-state index in [0.29, 0.717) is 6.04 Å². The summed E-state index contributed by atoms with van der Waals surface area (Å²) in [6.45, 7) is 4.08. The summed E-state index contributed by atoms with van der Waals surface area (Å²) in [5, 5.41) is 17.6. The molecule has 4 nitrogen and oxygen atoms in total. The van der Waals surface area contributed by atoms with E-state index in [1.807, 2.05) is 19.1 Å². The lowest BCUT2D eigenvalue weighted by molar-refractivity contribution is 0.784. The molecule has 88 valence electrons. The van der Waals surface area contributed by atoms with Crippen LogP contribution in [0.4, 0.5) is 5.82 Å². The molecule has 1 fully saturated rings. The van der Waals surface area contributed by atoms with Gasteiger partial charge in [0.2, 0.25) is 0 Å². The maximum absolute atomic E-state index is 4.28. The third-order valence-corrected chi connectivity index (χ3v) is 3.27. The maximum Gasteiger partial charge on any atom is 0.156 e. The van der Waals surface area contributed by atoms with Gasteiger partial charge in [0, 0.05) is 23.4 Å². The number of fused-ring (bicyclic) bond motifs is 1. The van der Waals surface area contributed by atoms with Gasteiger partial charge in [0.15, 0.2) is 5.82 Å². The first-order valence-corrected chi connectivity index (χ1v) is 6.04. The predicted molar refractivity (Wildman–Crippen MR) is 69.2 cm³/mol.